The van der Waals surface area contributed by atoms with Crippen molar-refractivity contribution in [2.75, 3.05) is 6.54 Å². The molecular formula is C14H14Cl2NS-. The lowest BCUT2D eigenvalue weighted by Gasteiger charge is -2.27. The van der Waals surface area contributed by atoms with Gasteiger partial charge in [-0.1, -0.05) is 29.8 Å². The van der Waals surface area contributed by atoms with Crippen molar-refractivity contribution in [2.24, 2.45) is 0 Å². The van der Waals surface area contributed by atoms with Gasteiger partial charge in [-0.25, -0.2) is 0 Å². The van der Waals surface area contributed by atoms with Crippen molar-refractivity contribution in [3.63, 3.8) is 0 Å². The van der Waals surface area contributed by atoms with Gasteiger partial charge in [0, 0.05) is 29.5 Å². The van der Waals surface area contributed by atoms with Gasteiger partial charge in [0.2, 0.25) is 0 Å². The summed E-state index contributed by atoms with van der Waals surface area (Å²) in [6, 6.07) is 10.4. The molecule has 1 aromatic carbocycles. The molecule has 2 heterocycles. The van der Waals surface area contributed by atoms with Crippen molar-refractivity contribution >= 4 is 22.9 Å². The number of nitrogens with zero attached hydrogens (tertiary/aromatic N) is 1. The monoisotopic (exact) mass is 298 g/mol. The standard InChI is InChI=1S/C14H14ClNS.ClH/c15-13-4-2-1-3-11(13)9-16-7-5-14-12(10-16)6-8-17-14;/h1-4,6,8H,5,7,9-10H2;1H/p-1. The van der Waals surface area contributed by atoms with Crippen LogP contribution in [0.25, 0.3) is 0 Å². The van der Waals surface area contributed by atoms with Crippen molar-refractivity contribution in [1.29, 1.82) is 0 Å². The summed E-state index contributed by atoms with van der Waals surface area (Å²) in [6.45, 7) is 3.15. The predicted octanol–water partition coefficient (Wildman–Crippen LogP) is 0.964. The van der Waals surface area contributed by atoms with Crippen LogP contribution in [-0.2, 0) is 19.5 Å². The maximum atomic E-state index is 6.20. The van der Waals surface area contributed by atoms with E-state index in [4.69, 9.17) is 11.6 Å². The van der Waals surface area contributed by atoms with Gasteiger partial charge in [0.25, 0.3) is 0 Å². The fraction of sp³-hybridized carbons (Fsp3) is 0.286. The Labute approximate surface area is 123 Å². The molecule has 0 amide bonds. The molecule has 96 valence electrons. The normalized spacial score (nSPS) is 14.9. The smallest absolute Gasteiger partial charge is 0.0451 e. The minimum absolute atomic E-state index is 0. The second-order valence-electron chi connectivity index (χ2n) is 4.42. The third-order valence-electron chi connectivity index (χ3n) is 3.24. The van der Waals surface area contributed by atoms with Crippen LogP contribution in [0, 0.1) is 0 Å². The highest BCUT2D eigenvalue weighted by atomic mass is 35.5. The van der Waals surface area contributed by atoms with Crippen molar-refractivity contribution in [1.82, 2.24) is 4.90 Å². The maximum absolute atomic E-state index is 6.20. The van der Waals surface area contributed by atoms with Gasteiger partial charge in [0.05, 0.1) is 0 Å². The Morgan fingerprint density at radius 3 is 2.89 bits per heavy atom. The second kappa shape index (κ2) is 6.07. The summed E-state index contributed by atoms with van der Waals surface area (Å²) >= 11 is 8.08. The minimum atomic E-state index is 0. The Morgan fingerprint density at radius 1 is 1.22 bits per heavy atom. The predicted molar refractivity (Wildman–Crippen MR) is 73.6 cm³/mol. The van der Waals surface area contributed by atoms with Crippen LogP contribution in [0.3, 0.4) is 0 Å². The Kier molecular flexibility index (Phi) is 4.68. The highest BCUT2D eigenvalue weighted by Gasteiger charge is 2.17. The van der Waals surface area contributed by atoms with E-state index < -0.39 is 0 Å². The molecule has 1 aliphatic rings. The number of rotatable bonds is 2. The molecule has 0 saturated carbocycles. The van der Waals surface area contributed by atoms with Crippen molar-refractivity contribution in [3.8, 4) is 0 Å². The third kappa shape index (κ3) is 2.89. The quantitative estimate of drug-likeness (QED) is 0.798. The van der Waals surface area contributed by atoms with E-state index in [9.17, 15) is 0 Å². The van der Waals surface area contributed by atoms with Crippen LogP contribution >= 0.6 is 22.9 Å². The molecule has 1 aliphatic heterocycles. The average molecular weight is 299 g/mol. The fourth-order valence-electron chi connectivity index (χ4n) is 2.31. The van der Waals surface area contributed by atoms with Crippen molar-refractivity contribution < 1.29 is 12.4 Å². The molecule has 3 rings (SSSR count). The number of thiophene rings is 1. The van der Waals surface area contributed by atoms with Crippen LogP contribution in [0.15, 0.2) is 35.7 Å². The Bertz CT molecular complexity index is 524. The first kappa shape index (κ1) is 13.9. The first-order valence-electron chi connectivity index (χ1n) is 5.84. The molecular weight excluding hydrogens is 285 g/mol. The van der Waals surface area contributed by atoms with Crippen LogP contribution < -0.4 is 12.4 Å². The molecule has 0 radical (unpaired) electrons. The molecule has 4 heteroatoms. The van der Waals surface area contributed by atoms with Gasteiger partial charge in [-0.2, -0.15) is 0 Å². The van der Waals surface area contributed by atoms with Crippen LogP contribution in [-0.4, -0.2) is 11.4 Å². The van der Waals surface area contributed by atoms with Crippen molar-refractivity contribution in [3.05, 3.63) is 56.7 Å². The number of halogens is 2. The summed E-state index contributed by atoms with van der Waals surface area (Å²) in [5, 5.41) is 3.08. The summed E-state index contributed by atoms with van der Waals surface area (Å²) < 4.78 is 0. The topological polar surface area (TPSA) is 3.24 Å². The van der Waals surface area contributed by atoms with Gasteiger partial charge in [-0.05, 0) is 35.1 Å². The van der Waals surface area contributed by atoms with Gasteiger partial charge >= 0.3 is 0 Å². The van der Waals surface area contributed by atoms with E-state index in [0.29, 0.717) is 0 Å². The molecule has 0 fully saturated rings. The van der Waals surface area contributed by atoms with Gasteiger partial charge < -0.3 is 12.4 Å². The summed E-state index contributed by atoms with van der Waals surface area (Å²) in [5.41, 5.74) is 2.72. The Hall–Kier alpha value is -0.540. The van der Waals surface area contributed by atoms with Crippen LogP contribution in [0.4, 0.5) is 0 Å². The molecule has 0 spiro atoms. The SMILES string of the molecule is Clc1ccccc1CN1CCc2sccc2C1.[Cl-]. The fourth-order valence-corrected chi connectivity index (χ4v) is 3.39. The van der Waals surface area contributed by atoms with E-state index in [1.165, 1.54) is 17.5 Å². The zero-order chi connectivity index (χ0) is 11.7. The highest BCUT2D eigenvalue weighted by molar-refractivity contribution is 7.10. The van der Waals surface area contributed by atoms with E-state index in [2.05, 4.69) is 28.5 Å². The maximum Gasteiger partial charge on any atom is 0.0451 e. The Balaban J connectivity index is 0.00000120. The average Bonchev–Trinajstić information content (AvgIpc) is 2.79. The van der Waals surface area contributed by atoms with E-state index in [-0.39, 0.29) is 12.4 Å². The van der Waals surface area contributed by atoms with Gasteiger partial charge in [0.15, 0.2) is 0 Å². The number of fused-ring (bicyclic) bond motifs is 1. The van der Waals surface area contributed by atoms with Crippen molar-refractivity contribution in [2.45, 2.75) is 19.5 Å². The first-order chi connectivity index (χ1) is 8.33. The lowest BCUT2D eigenvalue weighted by Crippen LogP contribution is -3.00. The zero-order valence-corrected chi connectivity index (χ0v) is 12.2. The minimum Gasteiger partial charge on any atom is -1.00 e. The molecule has 2 aromatic rings. The summed E-state index contributed by atoms with van der Waals surface area (Å²) in [5.74, 6) is 0. The number of hydrogen-bond acceptors (Lipinski definition) is 2. The van der Waals surface area contributed by atoms with E-state index in [1.807, 2.05) is 23.5 Å². The molecule has 0 bridgehead atoms. The third-order valence-corrected chi connectivity index (χ3v) is 4.63. The van der Waals surface area contributed by atoms with E-state index in [0.717, 1.165) is 24.7 Å². The largest absolute Gasteiger partial charge is 1.00 e. The molecule has 0 unspecified atom stereocenters. The second-order valence-corrected chi connectivity index (χ2v) is 5.83. The lowest BCUT2D eigenvalue weighted by atomic mass is 10.1. The van der Waals surface area contributed by atoms with Gasteiger partial charge in [-0.15, -0.1) is 11.3 Å². The first-order valence-corrected chi connectivity index (χ1v) is 7.10. The highest BCUT2D eigenvalue weighted by Crippen LogP contribution is 2.26. The molecule has 1 aromatic heterocycles. The van der Waals surface area contributed by atoms with E-state index >= 15 is 0 Å². The molecule has 1 nitrogen and oxygen atoms in total. The van der Waals surface area contributed by atoms with E-state index in [1.54, 1.807) is 4.88 Å². The zero-order valence-electron chi connectivity index (χ0n) is 9.90. The van der Waals surface area contributed by atoms with Crippen LogP contribution in [0.1, 0.15) is 16.0 Å². The molecule has 0 atom stereocenters. The van der Waals surface area contributed by atoms with Crippen LogP contribution in [0.2, 0.25) is 5.02 Å². The molecule has 0 aliphatic carbocycles. The lowest BCUT2D eigenvalue weighted by molar-refractivity contribution is -0.00000327. The summed E-state index contributed by atoms with van der Waals surface area (Å²) in [6.07, 6.45) is 1.18. The van der Waals surface area contributed by atoms with Crippen LogP contribution in [0.5, 0.6) is 0 Å². The summed E-state index contributed by atoms with van der Waals surface area (Å²) in [4.78, 5) is 4.02. The van der Waals surface area contributed by atoms with Gasteiger partial charge in [0.1, 0.15) is 0 Å². The molecule has 18 heavy (non-hydrogen) atoms. The molecule has 0 N–H and O–H groups in total. The number of benzene rings is 1. The van der Waals surface area contributed by atoms with Gasteiger partial charge in [-0.3, -0.25) is 4.90 Å². The summed E-state index contributed by atoms with van der Waals surface area (Å²) in [7, 11) is 0. The molecule has 0 saturated heterocycles. The number of hydrogen-bond donors (Lipinski definition) is 0. The Morgan fingerprint density at radius 2 is 2.06 bits per heavy atom.